The Kier molecular flexibility index (Phi) is 4.13. The second-order valence-electron chi connectivity index (χ2n) is 6.46. The lowest BCUT2D eigenvalue weighted by molar-refractivity contribution is 0.0995. The lowest BCUT2D eigenvalue weighted by atomic mass is 10.0. The Balaban J connectivity index is 1.80. The summed E-state index contributed by atoms with van der Waals surface area (Å²) in [4.78, 5) is 22.4. The molecule has 3 heterocycles. The maximum Gasteiger partial charge on any atom is 0.268 e. The highest BCUT2D eigenvalue weighted by Gasteiger charge is 2.24. The third-order valence-corrected chi connectivity index (χ3v) is 4.37. The SMILES string of the molecule is CC(O)(C#Cc1cc2c(cc1F)OCCn1cc(C(N)=O)nc1-2)c1c[nH]cn1. The fourth-order valence-electron chi connectivity index (χ4n) is 2.90. The zero-order valence-electron chi connectivity index (χ0n) is 14.9. The Morgan fingerprint density at radius 2 is 2.32 bits per heavy atom. The topological polar surface area (TPSA) is 119 Å². The Labute approximate surface area is 159 Å². The second-order valence-corrected chi connectivity index (χ2v) is 6.46. The van der Waals surface area contributed by atoms with Gasteiger partial charge < -0.3 is 25.1 Å². The molecule has 0 aliphatic carbocycles. The summed E-state index contributed by atoms with van der Waals surface area (Å²) in [6, 6.07) is 2.70. The molecular weight excluding hydrogens is 365 g/mol. The van der Waals surface area contributed by atoms with Gasteiger partial charge in [0.05, 0.1) is 24.0 Å². The van der Waals surface area contributed by atoms with Crippen LogP contribution in [-0.2, 0) is 12.1 Å². The summed E-state index contributed by atoms with van der Waals surface area (Å²) in [7, 11) is 0. The molecule has 1 unspecified atom stereocenters. The predicted molar refractivity (Wildman–Crippen MR) is 96.7 cm³/mol. The molecule has 0 bridgehead atoms. The van der Waals surface area contributed by atoms with Crippen LogP contribution in [0.15, 0.2) is 30.9 Å². The van der Waals surface area contributed by atoms with Crippen LogP contribution in [0.5, 0.6) is 5.75 Å². The minimum atomic E-state index is -1.56. The van der Waals surface area contributed by atoms with Crippen molar-refractivity contribution in [3.05, 3.63) is 53.6 Å². The molecule has 0 saturated heterocycles. The molecule has 2 aromatic heterocycles. The van der Waals surface area contributed by atoms with Gasteiger partial charge in [-0.15, -0.1) is 0 Å². The number of aromatic nitrogens is 4. The van der Waals surface area contributed by atoms with Crippen molar-refractivity contribution in [2.75, 3.05) is 6.61 Å². The van der Waals surface area contributed by atoms with Gasteiger partial charge in [-0.2, -0.15) is 0 Å². The number of aromatic amines is 1. The Morgan fingerprint density at radius 1 is 1.50 bits per heavy atom. The van der Waals surface area contributed by atoms with E-state index in [9.17, 15) is 14.3 Å². The van der Waals surface area contributed by atoms with E-state index in [2.05, 4.69) is 26.8 Å². The van der Waals surface area contributed by atoms with Crippen LogP contribution in [-0.4, -0.2) is 37.1 Å². The molecule has 3 aromatic rings. The number of halogens is 1. The van der Waals surface area contributed by atoms with Gasteiger partial charge in [0.2, 0.25) is 0 Å². The maximum atomic E-state index is 14.6. The van der Waals surface area contributed by atoms with Gasteiger partial charge in [-0.25, -0.2) is 14.4 Å². The summed E-state index contributed by atoms with van der Waals surface area (Å²) in [5, 5.41) is 10.5. The number of imidazole rings is 2. The zero-order chi connectivity index (χ0) is 19.9. The van der Waals surface area contributed by atoms with Crippen LogP contribution in [0, 0.1) is 17.7 Å². The van der Waals surface area contributed by atoms with Crippen LogP contribution in [0.2, 0.25) is 0 Å². The van der Waals surface area contributed by atoms with E-state index in [1.54, 1.807) is 4.57 Å². The summed E-state index contributed by atoms with van der Waals surface area (Å²) in [5.74, 6) is 4.77. The average Bonchev–Trinajstić information content (AvgIpc) is 3.29. The number of amides is 1. The van der Waals surface area contributed by atoms with Gasteiger partial charge in [-0.1, -0.05) is 11.8 Å². The molecule has 1 atom stereocenters. The first-order chi connectivity index (χ1) is 13.3. The number of nitrogens with two attached hydrogens (primary N) is 1. The van der Waals surface area contributed by atoms with Gasteiger partial charge in [-0.05, 0) is 13.0 Å². The highest BCUT2D eigenvalue weighted by molar-refractivity contribution is 5.91. The standard InChI is InChI=1S/C19H16FN5O3/c1-19(27,16-8-22-10-23-16)3-2-11-6-12-15(7-13(11)20)28-5-4-25-9-14(17(21)26)24-18(12)25/h6-10,27H,4-5H2,1H3,(H2,21,26)(H,22,23). The molecule has 0 radical (unpaired) electrons. The van der Waals surface area contributed by atoms with Crippen molar-refractivity contribution in [2.45, 2.75) is 19.1 Å². The molecule has 4 N–H and O–H groups in total. The van der Waals surface area contributed by atoms with Crippen LogP contribution < -0.4 is 10.5 Å². The maximum absolute atomic E-state index is 14.6. The van der Waals surface area contributed by atoms with Gasteiger partial charge >= 0.3 is 0 Å². The monoisotopic (exact) mass is 381 g/mol. The fraction of sp³-hybridized carbons (Fsp3) is 0.211. The van der Waals surface area contributed by atoms with Crippen LogP contribution in [0.25, 0.3) is 11.4 Å². The number of hydrogen-bond donors (Lipinski definition) is 3. The summed E-state index contributed by atoms with van der Waals surface area (Å²) >= 11 is 0. The van der Waals surface area contributed by atoms with Crippen molar-refractivity contribution in [3.63, 3.8) is 0 Å². The molecule has 0 saturated carbocycles. The number of ether oxygens (including phenoxy) is 1. The molecule has 142 valence electrons. The van der Waals surface area contributed by atoms with E-state index in [-0.39, 0.29) is 17.9 Å². The number of H-pyrrole nitrogens is 1. The number of nitrogens with one attached hydrogen (secondary N) is 1. The number of rotatable bonds is 2. The highest BCUT2D eigenvalue weighted by Crippen LogP contribution is 2.34. The van der Waals surface area contributed by atoms with Gasteiger partial charge in [0.1, 0.15) is 35.4 Å². The number of carbonyl (C=O) groups excluding carboxylic acids is 1. The lowest BCUT2D eigenvalue weighted by Crippen LogP contribution is -2.18. The summed E-state index contributed by atoms with van der Waals surface area (Å²) < 4.78 is 21.9. The smallest absolute Gasteiger partial charge is 0.268 e. The first-order valence-electron chi connectivity index (χ1n) is 8.43. The molecule has 9 heteroatoms. The molecule has 1 aliphatic rings. The van der Waals surface area contributed by atoms with Gasteiger partial charge in [-0.3, -0.25) is 4.79 Å². The molecule has 8 nitrogen and oxygen atoms in total. The first-order valence-corrected chi connectivity index (χ1v) is 8.43. The zero-order valence-corrected chi connectivity index (χ0v) is 14.9. The van der Waals surface area contributed by atoms with Crippen LogP contribution in [0.3, 0.4) is 0 Å². The third kappa shape index (κ3) is 3.10. The number of benzene rings is 1. The molecule has 28 heavy (non-hydrogen) atoms. The molecule has 0 fully saturated rings. The van der Waals surface area contributed by atoms with Gasteiger partial charge in [0.25, 0.3) is 5.91 Å². The molecule has 1 amide bonds. The fourth-order valence-corrected chi connectivity index (χ4v) is 2.90. The number of nitrogens with zero attached hydrogens (tertiary/aromatic N) is 3. The first kappa shape index (κ1) is 17.8. The Hall–Kier alpha value is -3.64. The number of carbonyl (C=O) groups is 1. The van der Waals surface area contributed by atoms with E-state index >= 15 is 0 Å². The Morgan fingerprint density at radius 3 is 3.04 bits per heavy atom. The van der Waals surface area contributed by atoms with Crippen LogP contribution in [0.4, 0.5) is 4.39 Å². The van der Waals surface area contributed by atoms with Gasteiger partial charge in [0, 0.05) is 18.5 Å². The van der Waals surface area contributed by atoms with Crippen molar-refractivity contribution in [2.24, 2.45) is 5.73 Å². The van der Waals surface area contributed by atoms with Crippen molar-refractivity contribution in [3.8, 4) is 29.0 Å². The molecular formula is C19H16FN5O3. The van der Waals surface area contributed by atoms with Crippen molar-refractivity contribution in [1.29, 1.82) is 0 Å². The van der Waals surface area contributed by atoms with E-state index in [0.29, 0.717) is 29.4 Å². The number of fused-ring (bicyclic) bond motifs is 3. The van der Waals surface area contributed by atoms with Gasteiger partial charge in [0.15, 0.2) is 5.60 Å². The third-order valence-electron chi connectivity index (χ3n) is 4.37. The largest absolute Gasteiger partial charge is 0.491 e. The van der Waals surface area contributed by atoms with Crippen molar-refractivity contribution < 1.29 is 19.0 Å². The molecule has 1 aliphatic heterocycles. The highest BCUT2D eigenvalue weighted by atomic mass is 19.1. The van der Waals surface area contributed by atoms with E-state index in [4.69, 9.17) is 10.5 Å². The van der Waals surface area contributed by atoms with E-state index in [1.807, 2.05) is 0 Å². The van der Waals surface area contributed by atoms with E-state index in [0.717, 1.165) is 0 Å². The van der Waals surface area contributed by atoms with Crippen molar-refractivity contribution in [1.82, 2.24) is 19.5 Å². The number of hydrogen-bond acceptors (Lipinski definition) is 5. The minimum Gasteiger partial charge on any atom is -0.491 e. The molecule has 4 rings (SSSR count). The Bertz CT molecular complexity index is 1120. The molecule has 1 aromatic carbocycles. The quantitative estimate of drug-likeness (QED) is 0.576. The lowest BCUT2D eigenvalue weighted by Gasteiger charge is -2.12. The van der Waals surface area contributed by atoms with E-state index in [1.165, 1.54) is 37.8 Å². The van der Waals surface area contributed by atoms with Crippen molar-refractivity contribution >= 4 is 5.91 Å². The van der Waals surface area contributed by atoms with E-state index < -0.39 is 17.3 Å². The summed E-state index contributed by atoms with van der Waals surface area (Å²) in [6.45, 7) is 2.18. The van der Waals surface area contributed by atoms with Crippen LogP contribution in [0.1, 0.15) is 28.7 Å². The summed E-state index contributed by atoms with van der Waals surface area (Å²) in [5.41, 5.74) is 4.72. The van der Waals surface area contributed by atoms with Crippen LogP contribution >= 0.6 is 0 Å². The molecule has 0 spiro atoms. The average molecular weight is 381 g/mol. The predicted octanol–water partition coefficient (Wildman–Crippen LogP) is 1.16. The summed E-state index contributed by atoms with van der Waals surface area (Å²) in [6.07, 6.45) is 4.47. The number of aliphatic hydroxyl groups is 1. The minimum absolute atomic E-state index is 0.0511. The normalized spacial score (nSPS) is 14.5. The number of primary amides is 1. The second kappa shape index (κ2) is 6.51.